The van der Waals surface area contributed by atoms with Crippen LogP contribution in [0.15, 0.2) is 22.8 Å². The van der Waals surface area contributed by atoms with Crippen molar-refractivity contribution in [2.24, 2.45) is 0 Å². The molecule has 0 spiro atoms. The number of benzene rings is 1. The third kappa shape index (κ3) is 1.89. The zero-order valence-corrected chi connectivity index (χ0v) is 11.8. The number of fused-ring (bicyclic) bond motifs is 3. The van der Waals surface area contributed by atoms with Crippen LogP contribution in [0.4, 0.5) is 11.5 Å². The van der Waals surface area contributed by atoms with Gasteiger partial charge in [0.1, 0.15) is 5.75 Å². The molecule has 0 unspecified atom stereocenters. The average Bonchev–Trinajstić information content (AvgIpc) is 3.15. The molecule has 4 aromatic rings. The predicted octanol–water partition coefficient (Wildman–Crippen LogP) is 1.46. The summed E-state index contributed by atoms with van der Waals surface area (Å²) in [6.07, 6.45) is 0. The van der Waals surface area contributed by atoms with Crippen molar-refractivity contribution in [3.05, 3.63) is 23.2 Å². The van der Waals surface area contributed by atoms with Crippen molar-refractivity contribution < 1.29 is 9.37 Å². The molecule has 1 N–H and O–H groups in total. The molecule has 0 fully saturated rings. The summed E-state index contributed by atoms with van der Waals surface area (Å²) in [6, 6.07) is 5.16. The van der Waals surface area contributed by atoms with E-state index in [9.17, 15) is 0 Å². The molecule has 3 aromatic heterocycles. The summed E-state index contributed by atoms with van der Waals surface area (Å²) in [4.78, 5) is 4.30. The minimum Gasteiger partial charge on any atom is -0.495 e. The van der Waals surface area contributed by atoms with Gasteiger partial charge >= 0.3 is 0 Å². The van der Waals surface area contributed by atoms with Crippen molar-refractivity contribution in [2.45, 2.75) is 0 Å². The third-order valence-corrected chi connectivity index (χ3v) is 3.20. The van der Waals surface area contributed by atoms with E-state index in [2.05, 4.69) is 40.8 Å². The van der Waals surface area contributed by atoms with Gasteiger partial charge in [0.15, 0.2) is 5.82 Å². The maximum absolute atomic E-state index is 6.02. The van der Waals surface area contributed by atoms with E-state index in [1.54, 1.807) is 25.3 Å². The molecule has 0 aliphatic rings. The van der Waals surface area contributed by atoms with Gasteiger partial charge in [-0.05, 0) is 38.9 Å². The smallest absolute Gasteiger partial charge is 0.248 e. The molecule has 0 bridgehead atoms. The van der Waals surface area contributed by atoms with Crippen molar-refractivity contribution in [3.8, 4) is 5.75 Å². The highest BCUT2D eigenvalue weighted by Crippen LogP contribution is 2.31. The summed E-state index contributed by atoms with van der Waals surface area (Å²) in [5, 5.41) is 22.4. The molecule has 0 aliphatic heterocycles. The van der Waals surface area contributed by atoms with Crippen LogP contribution < -0.4 is 10.1 Å². The number of methoxy groups -OCH3 is 1. The molecule has 0 saturated carbocycles. The Morgan fingerprint density at radius 3 is 3.05 bits per heavy atom. The Bertz CT molecular complexity index is 981. The van der Waals surface area contributed by atoms with Crippen LogP contribution in [0.1, 0.15) is 0 Å². The van der Waals surface area contributed by atoms with Gasteiger partial charge in [0, 0.05) is 5.02 Å². The summed E-state index contributed by atoms with van der Waals surface area (Å²) in [7, 11) is 1.56. The Labute approximate surface area is 127 Å². The topological polar surface area (TPSA) is 116 Å². The lowest BCUT2D eigenvalue weighted by Crippen LogP contribution is -2.02. The summed E-state index contributed by atoms with van der Waals surface area (Å²) < 4.78 is 11.3. The lowest BCUT2D eigenvalue weighted by molar-refractivity contribution is 0.313. The Balaban J connectivity index is 1.90. The molecular weight excluding hydrogens is 312 g/mol. The summed E-state index contributed by atoms with van der Waals surface area (Å²) in [5.41, 5.74) is 1.57. The Morgan fingerprint density at radius 1 is 1.27 bits per heavy atom. The molecular formula is C11H7ClN8O2. The first kappa shape index (κ1) is 12.7. The van der Waals surface area contributed by atoms with Crippen molar-refractivity contribution in [1.29, 1.82) is 0 Å². The molecule has 110 valence electrons. The number of hydrogen-bond acceptors (Lipinski definition) is 9. The highest BCUT2D eigenvalue weighted by atomic mass is 35.5. The van der Waals surface area contributed by atoms with Gasteiger partial charge in [0.2, 0.25) is 16.9 Å². The second kappa shape index (κ2) is 4.77. The van der Waals surface area contributed by atoms with Crippen LogP contribution in [0.5, 0.6) is 5.75 Å². The maximum atomic E-state index is 6.02. The first-order chi connectivity index (χ1) is 10.8. The SMILES string of the molecule is COc1ccc(Cl)cc1Nc1nc2nonc2n2nnnc12. The zero-order valence-electron chi connectivity index (χ0n) is 11.1. The van der Waals surface area contributed by atoms with Gasteiger partial charge in [-0.1, -0.05) is 11.6 Å². The van der Waals surface area contributed by atoms with Crippen LogP contribution >= 0.6 is 11.6 Å². The molecule has 0 radical (unpaired) electrons. The quantitative estimate of drug-likeness (QED) is 0.599. The summed E-state index contributed by atoms with van der Waals surface area (Å²) >= 11 is 6.02. The van der Waals surface area contributed by atoms with Crippen LogP contribution in [0.3, 0.4) is 0 Å². The number of rotatable bonds is 3. The lowest BCUT2D eigenvalue weighted by atomic mass is 10.3. The molecule has 22 heavy (non-hydrogen) atoms. The minimum absolute atomic E-state index is 0.267. The van der Waals surface area contributed by atoms with Gasteiger partial charge in [-0.2, -0.15) is 4.52 Å². The minimum atomic E-state index is 0.267. The van der Waals surface area contributed by atoms with E-state index < -0.39 is 0 Å². The molecule has 11 heteroatoms. The molecule has 0 aliphatic carbocycles. The number of aromatic nitrogens is 7. The fraction of sp³-hybridized carbons (Fsp3) is 0.0909. The van der Waals surface area contributed by atoms with E-state index in [0.717, 1.165) is 0 Å². The van der Waals surface area contributed by atoms with Crippen LogP contribution in [0.25, 0.3) is 16.9 Å². The number of halogens is 1. The number of tetrazole rings is 1. The van der Waals surface area contributed by atoms with Gasteiger partial charge in [0.25, 0.3) is 0 Å². The van der Waals surface area contributed by atoms with Crippen molar-refractivity contribution >= 4 is 40.0 Å². The van der Waals surface area contributed by atoms with Crippen LogP contribution in [-0.2, 0) is 0 Å². The largest absolute Gasteiger partial charge is 0.495 e. The first-order valence-corrected chi connectivity index (χ1v) is 6.45. The zero-order chi connectivity index (χ0) is 15.1. The predicted molar refractivity (Wildman–Crippen MR) is 75.2 cm³/mol. The molecule has 10 nitrogen and oxygen atoms in total. The normalized spacial score (nSPS) is 11.2. The number of anilines is 2. The molecule has 3 heterocycles. The van der Waals surface area contributed by atoms with E-state index in [1.807, 2.05) is 0 Å². The number of hydrogen-bond donors (Lipinski definition) is 1. The van der Waals surface area contributed by atoms with Crippen LogP contribution in [0.2, 0.25) is 5.02 Å². The van der Waals surface area contributed by atoms with E-state index >= 15 is 0 Å². The second-order valence-corrected chi connectivity index (χ2v) is 4.69. The van der Waals surface area contributed by atoms with E-state index in [4.69, 9.17) is 16.3 Å². The number of nitrogens with one attached hydrogen (secondary N) is 1. The molecule has 0 amide bonds. The highest BCUT2D eigenvalue weighted by Gasteiger charge is 2.16. The Morgan fingerprint density at radius 2 is 2.18 bits per heavy atom. The summed E-state index contributed by atoms with van der Waals surface area (Å²) in [5.74, 6) is 0.962. The Hall–Kier alpha value is -3.01. The highest BCUT2D eigenvalue weighted by molar-refractivity contribution is 6.31. The standard InChI is InChI=1S/C11H7ClN8O2/c1-21-7-3-2-5(12)4-6(7)13-8-10-15-18-19-20(10)11-9(14-8)16-22-17-11/h2-4H,1H3,(H,13,14,16). The van der Waals surface area contributed by atoms with E-state index in [1.165, 1.54) is 4.52 Å². The van der Waals surface area contributed by atoms with Crippen molar-refractivity contribution in [1.82, 2.24) is 35.3 Å². The molecule has 0 saturated heterocycles. The van der Waals surface area contributed by atoms with Crippen molar-refractivity contribution in [2.75, 3.05) is 12.4 Å². The fourth-order valence-corrected chi connectivity index (χ4v) is 2.18. The van der Waals surface area contributed by atoms with Gasteiger partial charge in [-0.3, -0.25) is 0 Å². The second-order valence-electron chi connectivity index (χ2n) is 4.26. The summed E-state index contributed by atoms with van der Waals surface area (Å²) in [6.45, 7) is 0. The van der Waals surface area contributed by atoms with E-state index in [-0.39, 0.29) is 5.65 Å². The molecule has 4 rings (SSSR count). The van der Waals surface area contributed by atoms with Gasteiger partial charge in [-0.25, -0.2) is 9.61 Å². The number of ether oxygens (including phenoxy) is 1. The van der Waals surface area contributed by atoms with Gasteiger partial charge in [-0.15, -0.1) is 5.10 Å². The van der Waals surface area contributed by atoms with Crippen LogP contribution in [-0.4, -0.2) is 42.4 Å². The monoisotopic (exact) mass is 318 g/mol. The lowest BCUT2D eigenvalue weighted by Gasteiger charge is -2.10. The molecule has 1 aromatic carbocycles. The average molecular weight is 319 g/mol. The van der Waals surface area contributed by atoms with Gasteiger partial charge < -0.3 is 10.1 Å². The van der Waals surface area contributed by atoms with Crippen LogP contribution in [0, 0.1) is 0 Å². The third-order valence-electron chi connectivity index (χ3n) is 2.97. The van der Waals surface area contributed by atoms with E-state index in [0.29, 0.717) is 33.6 Å². The van der Waals surface area contributed by atoms with Crippen molar-refractivity contribution in [3.63, 3.8) is 0 Å². The molecule has 0 atom stereocenters. The fourth-order valence-electron chi connectivity index (χ4n) is 2.01. The number of nitrogens with zero attached hydrogens (tertiary/aromatic N) is 7. The van der Waals surface area contributed by atoms with Gasteiger partial charge in [0.05, 0.1) is 12.8 Å². The maximum Gasteiger partial charge on any atom is 0.248 e. The Kier molecular flexibility index (Phi) is 2.76. The first-order valence-electron chi connectivity index (χ1n) is 6.07.